The van der Waals surface area contributed by atoms with E-state index in [4.69, 9.17) is 5.11 Å². The van der Waals surface area contributed by atoms with Gasteiger partial charge in [0.1, 0.15) is 17.8 Å². The average Bonchev–Trinajstić information content (AvgIpc) is 2.62. The van der Waals surface area contributed by atoms with E-state index in [2.05, 4.69) is 5.32 Å². The highest BCUT2D eigenvalue weighted by Crippen LogP contribution is 2.26. The zero-order valence-corrected chi connectivity index (χ0v) is 7.80. The van der Waals surface area contributed by atoms with Gasteiger partial charge in [0, 0.05) is 19.6 Å². The first kappa shape index (κ1) is 10.3. The summed E-state index contributed by atoms with van der Waals surface area (Å²) in [6.45, 7) is 1.06. The molecule has 2 fully saturated rings. The third-order valence-electron chi connectivity index (χ3n) is 3.09. The SMILES string of the molecule is OCC1(O)CN2CCNC2C(O)C1O. The summed E-state index contributed by atoms with van der Waals surface area (Å²) in [5.74, 6) is 0. The lowest BCUT2D eigenvalue weighted by Gasteiger charge is -2.46. The molecule has 0 aromatic carbocycles. The van der Waals surface area contributed by atoms with Gasteiger partial charge in [-0.3, -0.25) is 10.2 Å². The first-order chi connectivity index (χ1) is 6.58. The topological polar surface area (TPSA) is 96.2 Å². The summed E-state index contributed by atoms with van der Waals surface area (Å²) in [5, 5.41) is 41.2. The van der Waals surface area contributed by atoms with E-state index in [9.17, 15) is 15.3 Å². The van der Waals surface area contributed by atoms with Gasteiger partial charge in [-0.2, -0.15) is 0 Å². The van der Waals surface area contributed by atoms with Crippen LogP contribution in [0.25, 0.3) is 0 Å². The Labute approximate surface area is 81.8 Å². The van der Waals surface area contributed by atoms with Crippen LogP contribution in [0.15, 0.2) is 0 Å². The monoisotopic (exact) mass is 204 g/mol. The van der Waals surface area contributed by atoms with E-state index in [-0.39, 0.29) is 12.7 Å². The minimum atomic E-state index is -1.61. The Bertz CT molecular complexity index is 227. The van der Waals surface area contributed by atoms with E-state index in [1.807, 2.05) is 4.90 Å². The molecule has 0 aliphatic carbocycles. The molecule has 6 heteroatoms. The van der Waals surface area contributed by atoms with Crippen LogP contribution in [-0.4, -0.2) is 75.5 Å². The van der Waals surface area contributed by atoms with Crippen LogP contribution in [-0.2, 0) is 0 Å². The molecule has 14 heavy (non-hydrogen) atoms. The van der Waals surface area contributed by atoms with Crippen molar-refractivity contribution < 1.29 is 20.4 Å². The molecule has 5 N–H and O–H groups in total. The quantitative estimate of drug-likeness (QED) is 0.307. The second kappa shape index (κ2) is 3.41. The van der Waals surface area contributed by atoms with E-state index in [0.717, 1.165) is 6.54 Å². The van der Waals surface area contributed by atoms with Gasteiger partial charge in [0.15, 0.2) is 0 Å². The molecule has 2 saturated heterocycles. The second-order valence-corrected chi connectivity index (χ2v) is 4.07. The van der Waals surface area contributed by atoms with Gasteiger partial charge in [-0.1, -0.05) is 0 Å². The smallest absolute Gasteiger partial charge is 0.129 e. The van der Waals surface area contributed by atoms with Crippen molar-refractivity contribution in [1.29, 1.82) is 0 Å². The van der Waals surface area contributed by atoms with Gasteiger partial charge in [0.05, 0.1) is 12.8 Å². The maximum atomic E-state index is 9.84. The van der Waals surface area contributed by atoms with Crippen LogP contribution in [0.5, 0.6) is 0 Å². The Hall–Kier alpha value is -0.240. The fourth-order valence-corrected chi connectivity index (χ4v) is 2.22. The molecule has 0 aromatic rings. The van der Waals surface area contributed by atoms with Crippen molar-refractivity contribution in [3.8, 4) is 0 Å². The summed E-state index contributed by atoms with van der Waals surface area (Å²) in [4.78, 5) is 1.83. The van der Waals surface area contributed by atoms with Crippen LogP contribution in [0.1, 0.15) is 0 Å². The zero-order valence-electron chi connectivity index (χ0n) is 7.80. The number of nitrogens with one attached hydrogen (secondary N) is 1. The van der Waals surface area contributed by atoms with Crippen LogP contribution >= 0.6 is 0 Å². The minimum Gasteiger partial charge on any atom is -0.393 e. The molecule has 0 spiro atoms. The Morgan fingerprint density at radius 2 is 2.14 bits per heavy atom. The largest absolute Gasteiger partial charge is 0.393 e. The Balaban J connectivity index is 2.19. The van der Waals surface area contributed by atoms with Crippen molar-refractivity contribution in [2.24, 2.45) is 0 Å². The Morgan fingerprint density at radius 3 is 2.79 bits per heavy atom. The maximum Gasteiger partial charge on any atom is 0.129 e. The number of hydrogen-bond acceptors (Lipinski definition) is 6. The van der Waals surface area contributed by atoms with Gasteiger partial charge >= 0.3 is 0 Å². The molecule has 2 aliphatic heterocycles. The molecule has 0 saturated carbocycles. The van der Waals surface area contributed by atoms with Crippen molar-refractivity contribution >= 4 is 0 Å². The highest BCUT2D eigenvalue weighted by atomic mass is 16.4. The Kier molecular flexibility index (Phi) is 2.50. The first-order valence-corrected chi connectivity index (χ1v) is 4.75. The number of nitrogens with zero attached hydrogens (tertiary/aromatic N) is 1. The number of rotatable bonds is 1. The van der Waals surface area contributed by atoms with E-state index in [1.165, 1.54) is 0 Å². The van der Waals surface area contributed by atoms with Crippen LogP contribution in [0.3, 0.4) is 0 Å². The first-order valence-electron chi connectivity index (χ1n) is 4.75. The molecule has 2 heterocycles. The van der Waals surface area contributed by atoms with E-state index < -0.39 is 24.4 Å². The van der Waals surface area contributed by atoms with Crippen LogP contribution in [0.2, 0.25) is 0 Å². The number of hydrogen-bond donors (Lipinski definition) is 5. The van der Waals surface area contributed by atoms with Crippen molar-refractivity contribution in [2.45, 2.75) is 24.0 Å². The molecule has 82 valence electrons. The summed E-state index contributed by atoms with van der Waals surface area (Å²) in [6.07, 6.45) is -2.68. The summed E-state index contributed by atoms with van der Waals surface area (Å²) in [5.41, 5.74) is -1.61. The predicted octanol–water partition coefficient (Wildman–Crippen LogP) is -3.32. The van der Waals surface area contributed by atoms with Crippen molar-refractivity contribution in [1.82, 2.24) is 10.2 Å². The van der Waals surface area contributed by atoms with Gasteiger partial charge in [0.2, 0.25) is 0 Å². The van der Waals surface area contributed by atoms with E-state index in [1.54, 1.807) is 0 Å². The van der Waals surface area contributed by atoms with Gasteiger partial charge in [0.25, 0.3) is 0 Å². The highest BCUT2D eigenvalue weighted by molar-refractivity contribution is 5.04. The number of piperidine rings is 1. The normalized spacial score (nSPS) is 49.3. The fourth-order valence-electron chi connectivity index (χ4n) is 2.22. The molecule has 2 aliphatic rings. The molecule has 4 atom stereocenters. The van der Waals surface area contributed by atoms with Gasteiger partial charge in [-0.25, -0.2) is 0 Å². The summed E-state index contributed by atoms with van der Waals surface area (Å²) < 4.78 is 0. The van der Waals surface area contributed by atoms with Gasteiger partial charge in [-0.05, 0) is 0 Å². The zero-order chi connectivity index (χ0) is 10.3. The minimum absolute atomic E-state index is 0.180. The van der Waals surface area contributed by atoms with E-state index in [0.29, 0.717) is 6.54 Å². The molecule has 0 amide bonds. The van der Waals surface area contributed by atoms with Crippen LogP contribution < -0.4 is 5.32 Å². The number of aliphatic hydroxyl groups is 4. The lowest BCUT2D eigenvalue weighted by molar-refractivity contribution is -0.200. The highest BCUT2D eigenvalue weighted by Gasteiger charge is 2.51. The summed E-state index contributed by atoms with van der Waals surface area (Å²) in [7, 11) is 0. The third-order valence-corrected chi connectivity index (χ3v) is 3.09. The number of aliphatic hydroxyl groups excluding tert-OH is 3. The van der Waals surface area contributed by atoms with Crippen LogP contribution in [0.4, 0.5) is 0 Å². The molecule has 6 nitrogen and oxygen atoms in total. The van der Waals surface area contributed by atoms with Gasteiger partial charge in [-0.15, -0.1) is 0 Å². The predicted molar refractivity (Wildman–Crippen MR) is 47.4 cm³/mol. The second-order valence-electron chi connectivity index (χ2n) is 4.07. The van der Waals surface area contributed by atoms with Gasteiger partial charge < -0.3 is 20.4 Å². The molecule has 2 rings (SSSR count). The summed E-state index contributed by atoms with van der Waals surface area (Å²) in [6, 6.07) is 0. The molecular weight excluding hydrogens is 188 g/mol. The standard InChI is InChI=1S/C8H16N2O4/c11-4-8(14)3-10-2-1-9-7(10)5(12)6(8)13/h5-7,9,11-14H,1-4H2. The number of fused-ring (bicyclic) bond motifs is 1. The Morgan fingerprint density at radius 1 is 1.43 bits per heavy atom. The third kappa shape index (κ3) is 1.35. The lowest BCUT2D eigenvalue weighted by Crippen LogP contribution is -2.69. The van der Waals surface area contributed by atoms with Crippen LogP contribution in [0, 0.1) is 0 Å². The molecule has 4 unspecified atom stereocenters. The lowest BCUT2D eigenvalue weighted by atomic mass is 9.87. The fraction of sp³-hybridized carbons (Fsp3) is 1.00. The maximum absolute atomic E-state index is 9.84. The molecule has 0 radical (unpaired) electrons. The average molecular weight is 204 g/mol. The van der Waals surface area contributed by atoms with Crippen molar-refractivity contribution in [3.05, 3.63) is 0 Å². The van der Waals surface area contributed by atoms with E-state index >= 15 is 0 Å². The summed E-state index contributed by atoms with van der Waals surface area (Å²) >= 11 is 0. The molecule has 0 aromatic heterocycles. The molecule has 0 bridgehead atoms. The molecular formula is C8H16N2O4. The van der Waals surface area contributed by atoms with Crippen molar-refractivity contribution in [3.63, 3.8) is 0 Å². The van der Waals surface area contributed by atoms with Crippen molar-refractivity contribution in [2.75, 3.05) is 26.2 Å².